The molecule has 0 aliphatic carbocycles. The van der Waals surface area contributed by atoms with E-state index < -0.39 is 47.1 Å². The molecule has 8 rings (SSSR count). The third-order valence-electron chi connectivity index (χ3n) is 9.57. The molecule has 5 aromatic rings. The van der Waals surface area contributed by atoms with Crippen LogP contribution in [0.2, 0.25) is 0 Å². The maximum Gasteiger partial charge on any atom is 0.269 e. The zero-order chi connectivity index (χ0) is 35.1. The summed E-state index contributed by atoms with van der Waals surface area (Å²) < 4.78 is 25.2. The van der Waals surface area contributed by atoms with Gasteiger partial charge < -0.3 is 39.0 Å². The van der Waals surface area contributed by atoms with Crippen molar-refractivity contribution < 1.29 is 32.7 Å². The van der Waals surface area contributed by atoms with E-state index >= 15 is 0 Å². The number of carbonyl (C=O) groups excluding carboxylic acids is 2. The number of amides is 2. The maximum absolute atomic E-state index is 14.2. The van der Waals surface area contributed by atoms with Crippen molar-refractivity contribution in [2.75, 3.05) is 5.32 Å². The Hall–Kier alpha value is -5.50. The molecule has 4 bridgehead atoms. The molecule has 1 spiro atoms. The number of carbonyl (C=O) groups is 2. The normalized spacial score (nSPS) is 22.8. The summed E-state index contributed by atoms with van der Waals surface area (Å²) in [5.74, 6) is 0.501. The van der Waals surface area contributed by atoms with E-state index in [-0.39, 0.29) is 30.0 Å². The van der Waals surface area contributed by atoms with Crippen molar-refractivity contribution in [3.63, 3.8) is 0 Å². The van der Waals surface area contributed by atoms with E-state index in [2.05, 4.69) is 26.1 Å². The first kappa shape index (κ1) is 31.7. The molecule has 2 unspecified atom stereocenters. The third kappa shape index (κ3) is 4.88. The maximum atomic E-state index is 14.2. The van der Waals surface area contributed by atoms with Crippen LogP contribution in [0.25, 0.3) is 23.2 Å². The molecule has 3 aromatic heterocycles. The molecule has 3 aliphatic rings. The first-order valence-electron chi connectivity index (χ1n) is 16.6. The van der Waals surface area contributed by atoms with Crippen LogP contribution in [0.3, 0.4) is 0 Å². The van der Waals surface area contributed by atoms with Crippen molar-refractivity contribution in [3.05, 3.63) is 83.0 Å². The van der Waals surface area contributed by atoms with Gasteiger partial charge in [0.25, 0.3) is 5.89 Å². The van der Waals surface area contributed by atoms with E-state index in [1.54, 1.807) is 20.8 Å². The number of aryl methyl sites for hydroxylation is 1. The number of aliphatic hydroxyl groups excluding tert-OH is 1. The second-order valence-corrected chi connectivity index (χ2v) is 14.5. The van der Waals surface area contributed by atoms with Crippen LogP contribution in [-0.2, 0) is 21.4 Å². The topological polar surface area (TPSA) is 191 Å². The molecule has 3 aliphatic heterocycles. The van der Waals surface area contributed by atoms with Gasteiger partial charge in [-0.15, -0.1) is 10.2 Å². The number of ether oxygens (including phenoxy) is 1. The average Bonchev–Trinajstić information content (AvgIpc) is 3.89. The molecule has 14 heteroatoms. The monoisotopic (exact) mass is 679 g/mol. The highest BCUT2D eigenvalue weighted by molar-refractivity contribution is 5.90. The SMILES string of the molecule is Cc1nnc(-c2coc(-c3nc4oc3[C@@]35c6ccccc6NC3Oc3ccc(cc35)C[C@H](NC(=O)[C@@H](O)C(C)C)C(=O)NC4C(C)(C)C)n2)o1. The van der Waals surface area contributed by atoms with E-state index in [1.165, 1.54) is 6.26 Å². The molecule has 14 nitrogen and oxygen atoms in total. The molecule has 6 heterocycles. The zero-order valence-electron chi connectivity index (χ0n) is 28.4. The predicted molar refractivity (Wildman–Crippen MR) is 178 cm³/mol. The number of para-hydroxylation sites is 1. The number of aromatic nitrogens is 4. The number of benzene rings is 2. The van der Waals surface area contributed by atoms with Crippen molar-refractivity contribution in [1.29, 1.82) is 0 Å². The van der Waals surface area contributed by atoms with Crippen LogP contribution in [0.4, 0.5) is 5.69 Å². The van der Waals surface area contributed by atoms with Gasteiger partial charge >= 0.3 is 0 Å². The smallest absolute Gasteiger partial charge is 0.269 e. The Labute approximate surface area is 287 Å². The minimum atomic E-state index is -1.29. The lowest BCUT2D eigenvalue weighted by Crippen LogP contribution is -2.53. The Kier molecular flexibility index (Phi) is 7.16. The molecule has 258 valence electrons. The molecule has 4 N–H and O–H groups in total. The van der Waals surface area contributed by atoms with Crippen molar-refractivity contribution in [2.45, 2.75) is 77.8 Å². The molecule has 0 saturated heterocycles. The van der Waals surface area contributed by atoms with Crippen LogP contribution in [0.5, 0.6) is 5.75 Å². The zero-order valence-corrected chi connectivity index (χ0v) is 28.4. The number of aliphatic hydroxyl groups is 1. The standard InChI is InChI=1S/C36H37N7O7/c1-16(2)26(44)30(46)37-22-14-18-11-12-24-20(13-18)36(19-9-7-8-10-21(19)39-34(36)49-24)28-25(32-38-23(15-47-32)31-43-42-17(3)48-31)40-33(50-28)27(35(4,5)6)41-29(22)45/h7-13,15-16,22,26-27,34,39,44H,14H2,1-6H3,(H,37,46)(H,41,45)/t22-,26-,27?,34?,36-/m0/s1. The fraction of sp³-hybridized carbons (Fsp3) is 0.389. The largest absolute Gasteiger partial charge is 0.469 e. The van der Waals surface area contributed by atoms with Crippen LogP contribution in [-0.4, -0.2) is 55.5 Å². The van der Waals surface area contributed by atoms with Gasteiger partial charge in [-0.25, -0.2) is 9.97 Å². The first-order chi connectivity index (χ1) is 23.8. The van der Waals surface area contributed by atoms with Crippen LogP contribution < -0.4 is 20.7 Å². The lowest BCUT2D eigenvalue weighted by atomic mass is 9.72. The number of anilines is 1. The van der Waals surface area contributed by atoms with Gasteiger partial charge in [-0.3, -0.25) is 9.59 Å². The highest BCUT2D eigenvalue weighted by atomic mass is 16.5. The number of oxazole rings is 2. The van der Waals surface area contributed by atoms with E-state index in [0.717, 1.165) is 22.4 Å². The Morgan fingerprint density at radius 2 is 1.84 bits per heavy atom. The fourth-order valence-corrected chi connectivity index (χ4v) is 7.00. The van der Waals surface area contributed by atoms with Gasteiger partial charge in [0.2, 0.25) is 29.5 Å². The Balaban J connectivity index is 1.37. The molecule has 0 radical (unpaired) electrons. The number of fused-ring (bicyclic) bond motifs is 4. The highest BCUT2D eigenvalue weighted by Gasteiger charge is 2.61. The number of rotatable bonds is 5. The van der Waals surface area contributed by atoms with E-state index in [4.69, 9.17) is 28.0 Å². The molecule has 0 saturated carbocycles. The summed E-state index contributed by atoms with van der Waals surface area (Å²) in [6, 6.07) is 11.8. The average molecular weight is 680 g/mol. The fourth-order valence-electron chi connectivity index (χ4n) is 7.00. The molecule has 5 atom stereocenters. The Bertz CT molecular complexity index is 2140. The van der Waals surface area contributed by atoms with E-state index in [0.29, 0.717) is 28.8 Å². The van der Waals surface area contributed by atoms with E-state index in [9.17, 15) is 14.7 Å². The van der Waals surface area contributed by atoms with Crippen molar-refractivity contribution in [2.24, 2.45) is 11.3 Å². The van der Waals surface area contributed by atoms with Gasteiger partial charge in [0.15, 0.2) is 23.4 Å². The Morgan fingerprint density at radius 3 is 2.58 bits per heavy atom. The van der Waals surface area contributed by atoms with Gasteiger partial charge in [-0.05, 0) is 34.6 Å². The second-order valence-electron chi connectivity index (χ2n) is 14.5. The first-order valence-corrected chi connectivity index (χ1v) is 16.6. The minimum absolute atomic E-state index is 0.143. The number of nitrogens with zero attached hydrogens (tertiary/aromatic N) is 4. The molecule has 2 aromatic carbocycles. The molecule has 50 heavy (non-hydrogen) atoms. The lowest BCUT2D eigenvalue weighted by molar-refractivity contribution is -0.136. The van der Waals surface area contributed by atoms with Gasteiger partial charge in [0, 0.05) is 24.6 Å². The summed E-state index contributed by atoms with van der Waals surface area (Å²) in [5, 5.41) is 28.0. The van der Waals surface area contributed by atoms with Gasteiger partial charge in [0.05, 0.1) is 0 Å². The quantitative estimate of drug-likeness (QED) is 0.205. The summed E-state index contributed by atoms with van der Waals surface area (Å²) in [7, 11) is 0. The van der Waals surface area contributed by atoms with Crippen molar-refractivity contribution in [3.8, 4) is 28.9 Å². The predicted octanol–water partition coefficient (Wildman–Crippen LogP) is 4.43. The van der Waals surface area contributed by atoms with Gasteiger partial charge in [0.1, 0.15) is 35.6 Å². The summed E-state index contributed by atoms with van der Waals surface area (Å²) in [6.45, 7) is 11.0. The van der Waals surface area contributed by atoms with Crippen LogP contribution >= 0.6 is 0 Å². The summed E-state index contributed by atoms with van der Waals surface area (Å²) in [5.41, 5.74) is 2.22. The molecule has 2 amide bonds. The van der Waals surface area contributed by atoms with Crippen LogP contribution in [0.1, 0.15) is 74.9 Å². The Morgan fingerprint density at radius 1 is 1.04 bits per heavy atom. The lowest BCUT2D eigenvalue weighted by Gasteiger charge is -2.32. The van der Waals surface area contributed by atoms with Crippen LogP contribution in [0, 0.1) is 18.3 Å². The summed E-state index contributed by atoms with van der Waals surface area (Å²) in [6.07, 6.45) is -0.363. The molecular weight excluding hydrogens is 642 g/mol. The number of hydrogen-bond donors (Lipinski definition) is 4. The second kappa shape index (κ2) is 11.3. The van der Waals surface area contributed by atoms with Crippen molar-refractivity contribution >= 4 is 17.5 Å². The number of hydrogen-bond acceptors (Lipinski definition) is 12. The van der Waals surface area contributed by atoms with Crippen LogP contribution in [0.15, 0.2) is 62.0 Å². The number of nitrogens with one attached hydrogen (secondary N) is 3. The minimum Gasteiger partial charge on any atom is -0.469 e. The summed E-state index contributed by atoms with van der Waals surface area (Å²) >= 11 is 0. The molecular formula is C36H37N7O7. The van der Waals surface area contributed by atoms with Gasteiger partial charge in [-0.1, -0.05) is 65.0 Å². The van der Waals surface area contributed by atoms with E-state index in [1.807, 2.05) is 63.2 Å². The highest BCUT2D eigenvalue weighted by Crippen LogP contribution is 2.59. The van der Waals surface area contributed by atoms with Crippen molar-refractivity contribution in [1.82, 2.24) is 30.8 Å². The molecule has 0 fully saturated rings. The third-order valence-corrected chi connectivity index (χ3v) is 9.57. The van der Waals surface area contributed by atoms with Gasteiger partial charge in [-0.2, -0.15) is 0 Å². The summed E-state index contributed by atoms with van der Waals surface area (Å²) in [4.78, 5) is 37.1.